The average molecular weight is 320 g/mol. The lowest BCUT2D eigenvalue weighted by molar-refractivity contribution is -0.129. The lowest BCUT2D eigenvalue weighted by atomic mass is 9.94. The predicted octanol–water partition coefficient (Wildman–Crippen LogP) is 0.0981. The molecule has 1 aromatic heterocycles. The number of imide groups is 1. The third-order valence-corrected chi connectivity index (χ3v) is 4.56. The van der Waals surface area contributed by atoms with Gasteiger partial charge in [-0.05, 0) is 19.8 Å². The summed E-state index contributed by atoms with van der Waals surface area (Å²) in [6.07, 6.45) is 6.25. The van der Waals surface area contributed by atoms with Crippen molar-refractivity contribution in [2.45, 2.75) is 57.7 Å². The van der Waals surface area contributed by atoms with Crippen LogP contribution >= 0.6 is 0 Å². The van der Waals surface area contributed by atoms with Gasteiger partial charge in [0.2, 0.25) is 0 Å². The zero-order valence-corrected chi connectivity index (χ0v) is 13.0. The molecule has 3 rings (SSSR count). The van der Waals surface area contributed by atoms with Crippen LogP contribution in [0.3, 0.4) is 0 Å². The van der Waals surface area contributed by atoms with Crippen molar-refractivity contribution in [3.63, 3.8) is 0 Å². The van der Waals surface area contributed by atoms with Gasteiger partial charge in [0.25, 0.3) is 11.5 Å². The van der Waals surface area contributed by atoms with Crippen molar-refractivity contribution in [2.75, 3.05) is 0 Å². The predicted molar refractivity (Wildman–Crippen MR) is 82.1 cm³/mol. The molecule has 2 N–H and O–H groups in total. The molecule has 2 aliphatic rings. The van der Waals surface area contributed by atoms with Gasteiger partial charge in [0.1, 0.15) is 6.04 Å². The Hall–Kier alpha value is -2.38. The first kappa shape index (κ1) is 15.5. The minimum Gasteiger partial charge on any atom is -0.324 e. The molecule has 2 fully saturated rings. The zero-order chi connectivity index (χ0) is 16.6. The maximum atomic E-state index is 12.5. The summed E-state index contributed by atoms with van der Waals surface area (Å²) in [7, 11) is 0. The van der Waals surface area contributed by atoms with Gasteiger partial charge in [-0.25, -0.2) is 9.59 Å². The van der Waals surface area contributed by atoms with Crippen LogP contribution in [0.5, 0.6) is 0 Å². The molecule has 23 heavy (non-hydrogen) atoms. The first-order valence-corrected chi connectivity index (χ1v) is 7.91. The Labute approximate surface area is 132 Å². The minimum atomic E-state index is -0.771. The number of rotatable bonds is 3. The second kappa shape index (κ2) is 6.02. The number of aromatic amines is 1. The molecule has 0 spiro atoms. The van der Waals surface area contributed by atoms with E-state index in [0.717, 1.165) is 32.1 Å². The van der Waals surface area contributed by atoms with Crippen molar-refractivity contribution in [1.82, 2.24) is 19.8 Å². The van der Waals surface area contributed by atoms with Crippen LogP contribution in [0.25, 0.3) is 0 Å². The van der Waals surface area contributed by atoms with Crippen LogP contribution in [0.2, 0.25) is 0 Å². The average Bonchev–Trinajstić information content (AvgIpc) is 2.80. The van der Waals surface area contributed by atoms with E-state index in [0.29, 0.717) is 5.56 Å². The highest BCUT2D eigenvalue weighted by molar-refractivity contribution is 6.04. The van der Waals surface area contributed by atoms with Crippen molar-refractivity contribution in [3.05, 3.63) is 32.6 Å². The quantitative estimate of drug-likeness (QED) is 0.771. The Bertz CT molecular complexity index is 745. The number of aromatic nitrogens is 2. The first-order valence-electron chi connectivity index (χ1n) is 7.91. The second-order valence-electron chi connectivity index (χ2n) is 6.23. The van der Waals surface area contributed by atoms with E-state index >= 15 is 0 Å². The normalized spacial score (nSPS) is 22.5. The lowest BCUT2D eigenvalue weighted by Crippen LogP contribution is -2.43. The van der Waals surface area contributed by atoms with Gasteiger partial charge < -0.3 is 5.32 Å². The molecule has 124 valence electrons. The molecule has 3 amide bonds. The number of carbonyl (C=O) groups excluding carboxylic acids is 2. The largest absolute Gasteiger partial charge is 0.328 e. The fourth-order valence-electron chi connectivity index (χ4n) is 3.31. The monoisotopic (exact) mass is 320 g/mol. The molecular formula is C15H20N4O4. The molecule has 0 aromatic carbocycles. The topological polar surface area (TPSA) is 104 Å². The number of amides is 3. The summed E-state index contributed by atoms with van der Waals surface area (Å²) in [5.74, 6) is -0.294. The van der Waals surface area contributed by atoms with Gasteiger partial charge in [-0.15, -0.1) is 0 Å². The summed E-state index contributed by atoms with van der Waals surface area (Å²) < 4.78 is 1.25. The van der Waals surface area contributed by atoms with Crippen molar-refractivity contribution in [2.24, 2.45) is 0 Å². The fraction of sp³-hybridized carbons (Fsp3) is 0.600. The van der Waals surface area contributed by atoms with Crippen LogP contribution in [-0.2, 0) is 11.3 Å². The van der Waals surface area contributed by atoms with Gasteiger partial charge in [0, 0.05) is 17.8 Å². The second-order valence-corrected chi connectivity index (χ2v) is 6.23. The third-order valence-electron chi connectivity index (χ3n) is 4.56. The molecule has 2 heterocycles. The van der Waals surface area contributed by atoms with Crippen molar-refractivity contribution < 1.29 is 9.59 Å². The number of aryl methyl sites for hydroxylation is 1. The molecule has 1 atom stereocenters. The molecule has 0 unspecified atom stereocenters. The highest BCUT2D eigenvalue weighted by Crippen LogP contribution is 2.25. The van der Waals surface area contributed by atoms with Crippen LogP contribution in [0, 0.1) is 6.92 Å². The Balaban J connectivity index is 1.78. The van der Waals surface area contributed by atoms with Gasteiger partial charge in [-0.1, -0.05) is 19.3 Å². The summed E-state index contributed by atoms with van der Waals surface area (Å²) in [5.41, 5.74) is -0.652. The van der Waals surface area contributed by atoms with Crippen molar-refractivity contribution in [3.8, 4) is 0 Å². The van der Waals surface area contributed by atoms with Crippen LogP contribution in [-0.4, -0.2) is 38.5 Å². The number of nitrogens with zero attached hydrogens (tertiary/aromatic N) is 2. The van der Waals surface area contributed by atoms with Gasteiger partial charge in [-0.2, -0.15) is 0 Å². The van der Waals surface area contributed by atoms with Crippen LogP contribution in [0.1, 0.15) is 37.7 Å². The Morgan fingerprint density at radius 3 is 2.52 bits per heavy atom. The lowest BCUT2D eigenvalue weighted by Gasteiger charge is -2.28. The Morgan fingerprint density at radius 1 is 1.13 bits per heavy atom. The smallest absolute Gasteiger partial charge is 0.324 e. The fourth-order valence-corrected chi connectivity index (χ4v) is 3.31. The van der Waals surface area contributed by atoms with Gasteiger partial charge in [0.15, 0.2) is 0 Å². The van der Waals surface area contributed by atoms with Crippen LogP contribution in [0.15, 0.2) is 15.8 Å². The SMILES string of the molecule is Cc1cn(C[C@@H]2NC(=O)N(C3CCCCC3)C2=O)c(=O)[nH]c1=O. The van der Waals surface area contributed by atoms with Crippen molar-refractivity contribution in [1.29, 1.82) is 0 Å². The number of H-pyrrole nitrogens is 1. The van der Waals surface area contributed by atoms with Crippen LogP contribution < -0.4 is 16.6 Å². The van der Waals surface area contributed by atoms with E-state index in [1.807, 2.05) is 0 Å². The number of urea groups is 1. The molecular weight excluding hydrogens is 300 g/mol. The van der Waals surface area contributed by atoms with E-state index in [9.17, 15) is 19.2 Å². The van der Waals surface area contributed by atoms with E-state index in [1.54, 1.807) is 6.92 Å². The molecule has 0 bridgehead atoms. The number of hydrogen-bond acceptors (Lipinski definition) is 4. The zero-order valence-electron chi connectivity index (χ0n) is 13.0. The number of hydrogen-bond donors (Lipinski definition) is 2. The molecule has 1 aliphatic carbocycles. The maximum Gasteiger partial charge on any atom is 0.328 e. The molecule has 8 heteroatoms. The standard InChI is InChI=1S/C15H20N4O4/c1-9-7-18(14(22)17-12(9)20)8-11-13(21)19(15(23)16-11)10-5-3-2-4-6-10/h7,10-11H,2-6,8H2,1H3,(H,16,23)(H,17,20,22)/t11-/m0/s1. The summed E-state index contributed by atoms with van der Waals surface area (Å²) >= 11 is 0. The number of nitrogens with one attached hydrogen (secondary N) is 2. The Kier molecular flexibility index (Phi) is 4.06. The molecule has 0 radical (unpaired) electrons. The molecule has 1 saturated heterocycles. The maximum absolute atomic E-state index is 12.5. The first-order chi connectivity index (χ1) is 11.0. The van der Waals surface area contributed by atoms with E-state index in [4.69, 9.17) is 0 Å². The van der Waals surface area contributed by atoms with E-state index < -0.39 is 17.3 Å². The minimum absolute atomic E-state index is 0.0181. The highest BCUT2D eigenvalue weighted by atomic mass is 16.2. The van der Waals surface area contributed by atoms with E-state index in [-0.39, 0.29) is 24.5 Å². The van der Waals surface area contributed by atoms with E-state index in [2.05, 4.69) is 10.3 Å². The number of carbonyl (C=O) groups is 2. The van der Waals surface area contributed by atoms with Crippen molar-refractivity contribution >= 4 is 11.9 Å². The van der Waals surface area contributed by atoms with Crippen LogP contribution in [0.4, 0.5) is 4.79 Å². The highest BCUT2D eigenvalue weighted by Gasteiger charge is 2.42. The van der Waals surface area contributed by atoms with E-state index in [1.165, 1.54) is 15.7 Å². The summed E-state index contributed by atoms with van der Waals surface area (Å²) in [6, 6.07) is -1.20. The van der Waals surface area contributed by atoms with Gasteiger partial charge >= 0.3 is 11.7 Å². The molecule has 8 nitrogen and oxygen atoms in total. The summed E-state index contributed by atoms with van der Waals surface area (Å²) in [4.78, 5) is 51.4. The van der Waals surface area contributed by atoms with Gasteiger partial charge in [0.05, 0.1) is 6.54 Å². The third kappa shape index (κ3) is 2.93. The van der Waals surface area contributed by atoms with Gasteiger partial charge in [-0.3, -0.25) is 24.0 Å². The molecule has 1 aliphatic heterocycles. The summed E-state index contributed by atoms with van der Waals surface area (Å²) in [6.45, 7) is 1.60. The Morgan fingerprint density at radius 2 is 1.83 bits per heavy atom. The molecule has 1 saturated carbocycles. The molecule has 1 aromatic rings. The summed E-state index contributed by atoms with van der Waals surface area (Å²) in [5, 5.41) is 2.65.